The lowest BCUT2D eigenvalue weighted by Crippen LogP contribution is -2.10. The summed E-state index contributed by atoms with van der Waals surface area (Å²) in [7, 11) is 0. The molecule has 0 amide bonds. The van der Waals surface area contributed by atoms with Crippen molar-refractivity contribution < 1.29 is 4.42 Å². The first-order chi connectivity index (χ1) is 23.8. The number of benzene rings is 8. The molecule has 0 saturated carbocycles. The van der Waals surface area contributed by atoms with Gasteiger partial charge in [-0.25, -0.2) is 0 Å². The van der Waals surface area contributed by atoms with E-state index >= 15 is 0 Å². The third-order valence-corrected chi connectivity index (χ3v) is 9.28. The van der Waals surface area contributed by atoms with E-state index < -0.39 is 0 Å². The fourth-order valence-electron chi connectivity index (χ4n) is 6.97. The predicted octanol–water partition coefficient (Wildman–Crippen LogP) is 13.2. The van der Waals surface area contributed by atoms with Gasteiger partial charge in [0.2, 0.25) is 0 Å². The summed E-state index contributed by atoms with van der Waals surface area (Å²) < 4.78 is 6.57. The Kier molecular flexibility index (Phi) is 6.84. The number of hydrogen-bond donors (Lipinski definition) is 0. The van der Waals surface area contributed by atoms with Crippen molar-refractivity contribution in [2.45, 2.75) is 0 Å². The number of rotatable bonds is 6. The van der Waals surface area contributed by atoms with Crippen LogP contribution in [0.15, 0.2) is 192 Å². The molecule has 1 heterocycles. The van der Waals surface area contributed by atoms with Gasteiger partial charge in [0.1, 0.15) is 5.58 Å². The highest BCUT2D eigenvalue weighted by atomic mass is 16.3. The van der Waals surface area contributed by atoms with Gasteiger partial charge < -0.3 is 9.32 Å². The van der Waals surface area contributed by atoms with Crippen molar-refractivity contribution >= 4 is 49.8 Å². The van der Waals surface area contributed by atoms with Gasteiger partial charge in [-0.15, -0.1) is 0 Å². The smallest absolute Gasteiger partial charge is 0.159 e. The number of fused-ring (bicyclic) bond motifs is 4. The zero-order chi connectivity index (χ0) is 31.9. The molecule has 0 aliphatic heterocycles. The number of nitrogens with zero attached hydrogens (tertiary/aromatic N) is 1. The van der Waals surface area contributed by atoms with Crippen LogP contribution in [0.4, 0.5) is 17.1 Å². The van der Waals surface area contributed by atoms with Crippen molar-refractivity contribution in [3.8, 4) is 33.4 Å². The monoisotopic (exact) mass is 613 g/mol. The van der Waals surface area contributed by atoms with Gasteiger partial charge >= 0.3 is 0 Å². The minimum atomic E-state index is 0.875. The lowest BCUT2D eigenvalue weighted by molar-refractivity contribution is 0.669. The van der Waals surface area contributed by atoms with Crippen LogP contribution < -0.4 is 4.90 Å². The summed E-state index contributed by atoms with van der Waals surface area (Å²) in [6.07, 6.45) is 0. The summed E-state index contributed by atoms with van der Waals surface area (Å²) in [5.41, 5.74) is 12.1. The molecule has 1 aromatic heterocycles. The Balaban J connectivity index is 1.20. The Morgan fingerprint density at radius 2 is 0.938 bits per heavy atom. The first kappa shape index (κ1) is 27.9. The van der Waals surface area contributed by atoms with E-state index in [2.05, 4.69) is 181 Å². The summed E-state index contributed by atoms with van der Waals surface area (Å²) in [6, 6.07) is 66.8. The predicted molar refractivity (Wildman–Crippen MR) is 202 cm³/mol. The molecule has 0 spiro atoms. The number of hydrogen-bond acceptors (Lipinski definition) is 2. The molecule has 8 aromatic carbocycles. The number of anilines is 3. The zero-order valence-electron chi connectivity index (χ0n) is 26.3. The molecule has 2 nitrogen and oxygen atoms in total. The molecule has 0 N–H and O–H groups in total. The highest BCUT2D eigenvalue weighted by Crippen LogP contribution is 2.45. The van der Waals surface area contributed by atoms with Crippen LogP contribution in [-0.4, -0.2) is 0 Å². The zero-order valence-corrected chi connectivity index (χ0v) is 26.3. The van der Waals surface area contributed by atoms with E-state index in [-0.39, 0.29) is 0 Å². The summed E-state index contributed by atoms with van der Waals surface area (Å²) in [4.78, 5) is 2.34. The van der Waals surface area contributed by atoms with E-state index in [1.54, 1.807) is 0 Å². The summed E-state index contributed by atoms with van der Waals surface area (Å²) in [5, 5.41) is 4.61. The minimum Gasteiger partial charge on any atom is -0.454 e. The van der Waals surface area contributed by atoms with Crippen LogP contribution in [0.25, 0.3) is 66.1 Å². The Bertz CT molecular complexity index is 2540. The van der Waals surface area contributed by atoms with Gasteiger partial charge in [-0.05, 0) is 75.2 Å². The second-order valence-electron chi connectivity index (χ2n) is 12.1. The van der Waals surface area contributed by atoms with E-state index in [1.807, 2.05) is 12.1 Å². The van der Waals surface area contributed by atoms with Crippen molar-refractivity contribution in [3.05, 3.63) is 188 Å². The standard InChI is InChI=1S/C46H31NO/c1-3-13-33(14-4-1)38-30-27-36(31-42(38)35-15-5-2-6-16-35)32-25-28-37(29-26-32)47(43-22-11-18-34-17-7-8-19-39(34)43)44-23-12-21-41-40-20-9-10-24-45(40)48-46(41)44/h1-31H. The Hall–Kier alpha value is -6.38. The van der Waals surface area contributed by atoms with Gasteiger partial charge in [-0.2, -0.15) is 0 Å². The van der Waals surface area contributed by atoms with Crippen molar-refractivity contribution in [1.29, 1.82) is 0 Å². The van der Waals surface area contributed by atoms with Crippen LogP contribution in [0.5, 0.6) is 0 Å². The normalized spacial score (nSPS) is 11.3. The van der Waals surface area contributed by atoms with Crippen LogP contribution >= 0.6 is 0 Å². The molecule has 0 bridgehead atoms. The summed E-state index contributed by atoms with van der Waals surface area (Å²) in [6.45, 7) is 0. The largest absolute Gasteiger partial charge is 0.454 e. The summed E-state index contributed by atoms with van der Waals surface area (Å²) >= 11 is 0. The van der Waals surface area contributed by atoms with E-state index in [1.165, 1.54) is 38.6 Å². The van der Waals surface area contributed by atoms with Gasteiger partial charge in [0, 0.05) is 21.8 Å². The molecular formula is C46H31NO. The molecular weight excluding hydrogens is 583 g/mol. The molecule has 0 aliphatic carbocycles. The van der Waals surface area contributed by atoms with Crippen LogP contribution in [-0.2, 0) is 0 Å². The van der Waals surface area contributed by atoms with E-state index in [0.717, 1.165) is 44.6 Å². The topological polar surface area (TPSA) is 16.4 Å². The van der Waals surface area contributed by atoms with Crippen molar-refractivity contribution in [3.63, 3.8) is 0 Å². The molecule has 0 radical (unpaired) electrons. The maximum absolute atomic E-state index is 6.57. The Morgan fingerprint density at radius 1 is 0.354 bits per heavy atom. The molecule has 0 atom stereocenters. The fraction of sp³-hybridized carbons (Fsp3) is 0. The molecule has 2 heteroatoms. The highest BCUT2D eigenvalue weighted by molar-refractivity contribution is 6.11. The number of para-hydroxylation sites is 2. The third-order valence-electron chi connectivity index (χ3n) is 9.28. The maximum Gasteiger partial charge on any atom is 0.159 e. The summed E-state index contributed by atoms with van der Waals surface area (Å²) in [5.74, 6) is 0. The van der Waals surface area contributed by atoms with Crippen LogP contribution in [0.3, 0.4) is 0 Å². The van der Waals surface area contributed by atoms with E-state index in [9.17, 15) is 0 Å². The lowest BCUT2D eigenvalue weighted by Gasteiger charge is -2.27. The first-order valence-corrected chi connectivity index (χ1v) is 16.4. The van der Waals surface area contributed by atoms with Crippen molar-refractivity contribution in [2.24, 2.45) is 0 Å². The average Bonchev–Trinajstić information content (AvgIpc) is 3.55. The quantitative estimate of drug-likeness (QED) is 0.185. The van der Waals surface area contributed by atoms with E-state index in [0.29, 0.717) is 0 Å². The molecule has 0 aliphatic rings. The SMILES string of the molecule is c1ccc(-c2ccc(-c3ccc(N(c4cccc5ccccc45)c4cccc5c4oc4ccccc45)cc3)cc2-c2ccccc2)cc1. The molecule has 9 aromatic rings. The second-order valence-corrected chi connectivity index (χ2v) is 12.1. The third kappa shape index (κ3) is 4.83. The molecule has 48 heavy (non-hydrogen) atoms. The van der Waals surface area contributed by atoms with Crippen molar-refractivity contribution in [2.75, 3.05) is 4.90 Å². The van der Waals surface area contributed by atoms with Gasteiger partial charge in [0.25, 0.3) is 0 Å². The van der Waals surface area contributed by atoms with Gasteiger partial charge in [-0.3, -0.25) is 0 Å². The highest BCUT2D eigenvalue weighted by Gasteiger charge is 2.21. The molecule has 0 fully saturated rings. The Morgan fingerprint density at radius 3 is 1.73 bits per heavy atom. The van der Waals surface area contributed by atoms with Crippen LogP contribution in [0.2, 0.25) is 0 Å². The molecule has 9 rings (SSSR count). The maximum atomic E-state index is 6.57. The molecule has 0 unspecified atom stereocenters. The van der Waals surface area contributed by atoms with Gasteiger partial charge in [0.05, 0.1) is 11.4 Å². The molecule has 226 valence electrons. The average molecular weight is 614 g/mol. The fourth-order valence-corrected chi connectivity index (χ4v) is 6.97. The van der Waals surface area contributed by atoms with Crippen molar-refractivity contribution in [1.82, 2.24) is 0 Å². The van der Waals surface area contributed by atoms with Gasteiger partial charge in [-0.1, -0.05) is 152 Å². The Labute approximate surface area is 279 Å². The minimum absolute atomic E-state index is 0.875. The lowest BCUT2D eigenvalue weighted by atomic mass is 9.91. The molecule has 0 saturated heterocycles. The van der Waals surface area contributed by atoms with Crippen LogP contribution in [0, 0.1) is 0 Å². The first-order valence-electron chi connectivity index (χ1n) is 16.4. The van der Waals surface area contributed by atoms with E-state index in [4.69, 9.17) is 4.42 Å². The van der Waals surface area contributed by atoms with Gasteiger partial charge in [0.15, 0.2) is 5.58 Å². The number of furan rings is 1. The van der Waals surface area contributed by atoms with Crippen LogP contribution in [0.1, 0.15) is 0 Å². The second kappa shape index (κ2) is 11.8.